The van der Waals surface area contributed by atoms with Crippen LogP contribution in [0.15, 0.2) is 82.9 Å². The molecule has 3 aliphatic rings. The molecule has 3 aromatic carbocycles. The molecule has 1 aliphatic heterocycles. The molecule has 1 saturated carbocycles. The van der Waals surface area contributed by atoms with Crippen LogP contribution in [-0.2, 0) is 14.3 Å². The number of aromatic nitrogens is 1. The fourth-order valence-corrected chi connectivity index (χ4v) is 7.67. The van der Waals surface area contributed by atoms with E-state index in [9.17, 15) is 19.2 Å². The van der Waals surface area contributed by atoms with E-state index in [4.69, 9.17) is 21.3 Å². The number of esters is 1. The molecule has 4 unspecified atom stereocenters. The summed E-state index contributed by atoms with van der Waals surface area (Å²) in [5.41, 5.74) is 4.71. The molecule has 0 radical (unpaired) electrons. The van der Waals surface area contributed by atoms with E-state index in [1.165, 1.54) is 10.5 Å². The lowest BCUT2D eigenvalue weighted by Crippen LogP contribution is -2.32. The molecule has 2 fully saturated rings. The number of fused-ring (bicyclic) bond motifs is 6. The number of hydrogen-bond donors (Lipinski definition) is 0. The molecule has 4 atom stereocenters. The zero-order valence-electron chi connectivity index (χ0n) is 23.8. The van der Waals surface area contributed by atoms with Crippen molar-refractivity contribution in [1.82, 2.24) is 4.98 Å². The van der Waals surface area contributed by atoms with Crippen LogP contribution < -0.4 is 4.90 Å². The highest BCUT2D eigenvalue weighted by Crippen LogP contribution is 2.56. The van der Waals surface area contributed by atoms with E-state index in [1.807, 2.05) is 13.8 Å². The molecule has 44 heavy (non-hydrogen) atoms. The first-order valence-corrected chi connectivity index (χ1v) is 15.5. The van der Waals surface area contributed by atoms with E-state index in [-0.39, 0.29) is 46.8 Å². The van der Waals surface area contributed by atoms with Crippen molar-refractivity contribution < 1.29 is 23.9 Å². The number of nitrogens with zero attached hydrogens (tertiary/aromatic N) is 2. The predicted octanol–water partition coefficient (Wildman–Crippen LogP) is 7.37. The highest BCUT2D eigenvalue weighted by molar-refractivity contribution is 9.10. The van der Waals surface area contributed by atoms with Crippen molar-refractivity contribution in [3.8, 4) is 11.3 Å². The second kappa shape index (κ2) is 10.8. The van der Waals surface area contributed by atoms with Crippen molar-refractivity contribution in [2.24, 2.45) is 23.7 Å². The molecule has 0 spiro atoms. The Morgan fingerprint density at radius 3 is 2.43 bits per heavy atom. The van der Waals surface area contributed by atoms with Gasteiger partial charge in [-0.2, -0.15) is 0 Å². The van der Waals surface area contributed by atoms with Crippen LogP contribution in [0.1, 0.15) is 39.6 Å². The standard InChI is InChI=1S/C35H26BrClN2O5/c1-17-12-21-13-23(17)30-29(21)33(41)39(34(30)42)22-10-8-19(9-11-22)27-15-25(24-14-26(36)31(37)18(2)32(24)38-27)35(43)44-16-28(40)20-6-4-3-5-7-20/h3-12,14-15,21,23,29-30H,13,16H2,1-2H3. The number of anilines is 1. The molecule has 0 N–H and O–H groups in total. The van der Waals surface area contributed by atoms with E-state index >= 15 is 0 Å². The minimum absolute atomic E-state index is 0.129. The second-order valence-electron chi connectivity index (χ2n) is 11.6. The molecule has 7 nitrogen and oxygen atoms in total. The number of amides is 2. The van der Waals surface area contributed by atoms with Crippen LogP contribution in [0.4, 0.5) is 5.69 Å². The van der Waals surface area contributed by atoms with Crippen LogP contribution in [0.2, 0.25) is 5.02 Å². The normalized spacial score (nSPS) is 22.0. The van der Waals surface area contributed by atoms with Crippen molar-refractivity contribution in [2.45, 2.75) is 20.3 Å². The van der Waals surface area contributed by atoms with Crippen LogP contribution in [0.3, 0.4) is 0 Å². The van der Waals surface area contributed by atoms with E-state index in [1.54, 1.807) is 66.7 Å². The number of carbonyl (C=O) groups excluding carboxylic acids is 4. The van der Waals surface area contributed by atoms with Gasteiger partial charge in [-0.1, -0.05) is 65.7 Å². The number of halogens is 2. The molecule has 1 saturated heterocycles. The summed E-state index contributed by atoms with van der Waals surface area (Å²) < 4.78 is 6.08. The minimum atomic E-state index is -0.675. The lowest BCUT2D eigenvalue weighted by Gasteiger charge is -2.19. The Kier molecular flexibility index (Phi) is 7.02. The second-order valence-corrected chi connectivity index (χ2v) is 12.9. The lowest BCUT2D eigenvalue weighted by molar-refractivity contribution is -0.123. The van der Waals surface area contributed by atoms with Crippen molar-refractivity contribution in [1.29, 1.82) is 0 Å². The first-order chi connectivity index (χ1) is 21.1. The molecule has 2 amide bonds. The average molecular weight is 670 g/mol. The summed E-state index contributed by atoms with van der Waals surface area (Å²) in [6.45, 7) is 3.45. The van der Waals surface area contributed by atoms with Gasteiger partial charge in [0.1, 0.15) is 0 Å². The highest BCUT2D eigenvalue weighted by Gasteiger charge is 2.60. The molecular weight excluding hydrogens is 644 g/mol. The molecule has 1 aromatic heterocycles. The Hall–Kier alpha value is -4.14. The number of imide groups is 1. The topological polar surface area (TPSA) is 93.6 Å². The van der Waals surface area contributed by atoms with Gasteiger partial charge in [-0.15, -0.1) is 0 Å². The zero-order chi connectivity index (χ0) is 30.9. The Morgan fingerprint density at radius 2 is 1.70 bits per heavy atom. The van der Waals surface area contributed by atoms with Crippen LogP contribution in [0.25, 0.3) is 22.2 Å². The Bertz CT molecular complexity index is 1940. The summed E-state index contributed by atoms with van der Waals surface area (Å²) >= 11 is 9.99. The number of allylic oxidation sites excluding steroid dienone is 2. The molecule has 4 aromatic rings. The minimum Gasteiger partial charge on any atom is -0.454 e. The summed E-state index contributed by atoms with van der Waals surface area (Å²) in [7, 11) is 0. The van der Waals surface area contributed by atoms with E-state index < -0.39 is 12.6 Å². The van der Waals surface area contributed by atoms with Gasteiger partial charge in [0.25, 0.3) is 0 Å². The van der Waals surface area contributed by atoms with Gasteiger partial charge >= 0.3 is 5.97 Å². The van der Waals surface area contributed by atoms with Crippen LogP contribution >= 0.6 is 27.5 Å². The van der Waals surface area contributed by atoms with E-state index in [0.29, 0.717) is 48.5 Å². The van der Waals surface area contributed by atoms with Crippen molar-refractivity contribution >= 4 is 67.7 Å². The molecule has 7 rings (SSSR count). The maximum absolute atomic E-state index is 13.4. The monoisotopic (exact) mass is 668 g/mol. The summed E-state index contributed by atoms with van der Waals surface area (Å²) in [6, 6.07) is 19.0. The van der Waals surface area contributed by atoms with Crippen molar-refractivity contribution in [3.63, 3.8) is 0 Å². The van der Waals surface area contributed by atoms with Crippen molar-refractivity contribution in [2.75, 3.05) is 11.5 Å². The van der Waals surface area contributed by atoms with Gasteiger partial charge in [0.2, 0.25) is 11.8 Å². The maximum atomic E-state index is 13.4. The number of hydrogen-bond acceptors (Lipinski definition) is 6. The van der Waals surface area contributed by atoms with Gasteiger partial charge < -0.3 is 4.74 Å². The largest absolute Gasteiger partial charge is 0.454 e. The third-order valence-electron chi connectivity index (χ3n) is 9.18. The van der Waals surface area contributed by atoms with Crippen LogP contribution in [0, 0.1) is 30.6 Å². The first-order valence-electron chi connectivity index (χ1n) is 14.4. The number of aryl methyl sites for hydroxylation is 1. The number of ether oxygens (including phenoxy) is 1. The van der Waals surface area contributed by atoms with Gasteiger partial charge in [-0.25, -0.2) is 9.78 Å². The maximum Gasteiger partial charge on any atom is 0.339 e. The third-order valence-corrected chi connectivity index (χ3v) is 10.5. The van der Waals surface area contributed by atoms with Gasteiger partial charge in [0.15, 0.2) is 12.4 Å². The van der Waals surface area contributed by atoms with Gasteiger partial charge in [-0.05, 0) is 77.9 Å². The number of Topliss-reactive ketones (excluding diaryl/α,β-unsaturated/α-hetero) is 1. The number of pyridine rings is 1. The van der Waals surface area contributed by atoms with Gasteiger partial charge in [-0.3, -0.25) is 19.3 Å². The van der Waals surface area contributed by atoms with E-state index in [0.717, 1.165) is 6.42 Å². The Labute approximate surface area is 267 Å². The summed E-state index contributed by atoms with van der Waals surface area (Å²) in [5.74, 6) is -1.57. The fourth-order valence-electron chi connectivity index (χ4n) is 7.00. The smallest absolute Gasteiger partial charge is 0.339 e. The molecule has 2 heterocycles. The van der Waals surface area contributed by atoms with Crippen LogP contribution in [0.5, 0.6) is 0 Å². The molecular formula is C35H26BrClN2O5. The molecule has 220 valence electrons. The predicted molar refractivity (Wildman–Crippen MR) is 171 cm³/mol. The number of carbonyl (C=O) groups is 4. The molecule has 2 aliphatic carbocycles. The third kappa shape index (κ3) is 4.50. The van der Waals surface area contributed by atoms with Gasteiger partial charge in [0, 0.05) is 21.0 Å². The number of rotatable bonds is 6. The summed E-state index contributed by atoms with van der Waals surface area (Å²) in [4.78, 5) is 59.0. The van der Waals surface area contributed by atoms with Crippen molar-refractivity contribution in [3.05, 3.63) is 105 Å². The number of ketones is 1. The average Bonchev–Trinajstić information content (AvgIpc) is 3.68. The lowest BCUT2D eigenvalue weighted by atomic mass is 9.82. The summed E-state index contributed by atoms with van der Waals surface area (Å²) in [5, 5.41) is 0.987. The Balaban J connectivity index is 1.21. The summed E-state index contributed by atoms with van der Waals surface area (Å²) in [6.07, 6.45) is 3.03. The van der Waals surface area contributed by atoms with E-state index in [2.05, 4.69) is 22.0 Å². The first kappa shape index (κ1) is 28.6. The quantitative estimate of drug-likeness (QED) is 0.0922. The van der Waals surface area contributed by atoms with Gasteiger partial charge in [0.05, 0.1) is 39.3 Å². The molecule has 9 heteroatoms. The van der Waals surface area contributed by atoms with Crippen LogP contribution in [-0.4, -0.2) is 35.2 Å². The molecule has 2 bridgehead atoms. The zero-order valence-corrected chi connectivity index (χ0v) is 26.2. The number of benzene rings is 3. The fraction of sp³-hybridized carbons (Fsp3) is 0.229. The highest BCUT2D eigenvalue weighted by atomic mass is 79.9. The SMILES string of the molecule is CC1=CC2CC1C1C(=O)N(c3ccc(-c4cc(C(=O)OCC(=O)c5ccccc5)c5cc(Br)c(Cl)c(C)c5n4)cc3)C(=O)C21. The Morgan fingerprint density at radius 1 is 1.00 bits per heavy atom.